The fourth-order valence-corrected chi connectivity index (χ4v) is 5.11. The topological polar surface area (TPSA) is 74.7 Å². The van der Waals surface area contributed by atoms with Gasteiger partial charge in [0.25, 0.3) is 0 Å². The summed E-state index contributed by atoms with van der Waals surface area (Å²) >= 11 is 1.79. The third-order valence-electron chi connectivity index (χ3n) is 5.64. The van der Waals surface area contributed by atoms with Crippen molar-refractivity contribution in [1.29, 1.82) is 0 Å². The maximum Gasteiger partial charge on any atom is 0.223 e. The molecule has 2 fully saturated rings. The standard InChI is InChI=1S/C18H27N3O3S/c22-14-9-12(10-14)3-4-19-17(23)13-1-2-16-15(11-13)20-18(25-16)21-5-7-24-8-6-21/h12-14,22H,1-11H2,(H,19,23). The first kappa shape index (κ1) is 17.2. The van der Waals surface area contributed by atoms with Crippen molar-refractivity contribution in [2.24, 2.45) is 11.8 Å². The number of rotatable bonds is 5. The largest absolute Gasteiger partial charge is 0.393 e. The minimum absolute atomic E-state index is 0.0547. The third-order valence-corrected chi connectivity index (χ3v) is 6.86. The Hall–Kier alpha value is -1.18. The molecule has 1 aromatic rings. The number of fused-ring (bicyclic) bond motifs is 1. The van der Waals surface area contributed by atoms with Crippen molar-refractivity contribution in [1.82, 2.24) is 10.3 Å². The number of anilines is 1. The smallest absolute Gasteiger partial charge is 0.223 e. The number of morpholine rings is 1. The Bertz CT molecular complexity index is 609. The SMILES string of the molecule is O=C(NCCC1CC(O)C1)C1CCc2sc(N3CCOCC3)nc2C1. The van der Waals surface area contributed by atoms with Crippen LogP contribution in [0.5, 0.6) is 0 Å². The molecule has 2 aliphatic carbocycles. The summed E-state index contributed by atoms with van der Waals surface area (Å²) in [5.74, 6) is 0.813. The van der Waals surface area contributed by atoms with Gasteiger partial charge in [0.15, 0.2) is 5.13 Å². The van der Waals surface area contributed by atoms with Gasteiger partial charge in [-0.2, -0.15) is 0 Å². The monoisotopic (exact) mass is 365 g/mol. The highest BCUT2D eigenvalue weighted by atomic mass is 32.1. The van der Waals surface area contributed by atoms with E-state index in [0.29, 0.717) is 5.92 Å². The molecule has 0 radical (unpaired) electrons. The lowest BCUT2D eigenvalue weighted by Crippen LogP contribution is -2.37. The first-order valence-electron chi connectivity index (χ1n) is 9.46. The van der Waals surface area contributed by atoms with E-state index in [1.54, 1.807) is 11.3 Å². The number of carbonyl (C=O) groups is 1. The number of amides is 1. The molecule has 0 bridgehead atoms. The number of nitrogens with one attached hydrogen (secondary N) is 1. The quantitative estimate of drug-likeness (QED) is 0.824. The second kappa shape index (κ2) is 7.60. The van der Waals surface area contributed by atoms with E-state index in [9.17, 15) is 9.90 Å². The fourth-order valence-electron chi connectivity index (χ4n) is 3.96. The third kappa shape index (κ3) is 3.99. The van der Waals surface area contributed by atoms with Gasteiger partial charge >= 0.3 is 0 Å². The lowest BCUT2D eigenvalue weighted by atomic mass is 9.80. The average Bonchev–Trinajstić information content (AvgIpc) is 3.04. The van der Waals surface area contributed by atoms with E-state index in [1.165, 1.54) is 4.88 Å². The summed E-state index contributed by atoms with van der Waals surface area (Å²) in [6.07, 6.45) is 5.32. The molecule has 2 heterocycles. The van der Waals surface area contributed by atoms with Gasteiger partial charge in [0.05, 0.1) is 25.0 Å². The predicted octanol–water partition coefficient (Wildman–Crippen LogP) is 1.36. The molecule has 0 aromatic carbocycles. The Labute approximate surface area is 152 Å². The van der Waals surface area contributed by atoms with Crippen LogP contribution in [-0.2, 0) is 22.4 Å². The maximum absolute atomic E-state index is 12.5. The van der Waals surface area contributed by atoms with Gasteiger partial charge in [-0.1, -0.05) is 0 Å². The molecule has 1 unspecified atom stereocenters. The number of hydrogen-bond donors (Lipinski definition) is 2. The van der Waals surface area contributed by atoms with E-state index in [-0.39, 0.29) is 17.9 Å². The Morgan fingerprint density at radius 2 is 2.16 bits per heavy atom. The first-order valence-corrected chi connectivity index (χ1v) is 10.3. The molecule has 1 saturated carbocycles. The van der Waals surface area contributed by atoms with Gasteiger partial charge in [0.2, 0.25) is 5.91 Å². The molecule has 3 aliphatic rings. The number of thiazole rings is 1. The van der Waals surface area contributed by atoms with Crippen molar-refractivity contribution >= 4 is 22.4 Å². The summed E-state index contributed by atoms with van der Waals surface area (Å²) in [6.45, 7) is 4.09. The first-order chi connectivity index (χ1) is 12.2. The van der Waals surface area contributed by atoms with Gasteiger partial charge in [-0.25, -0.2) is 4.98 Å². The number of nitrogens with zero attached hydrogens (tertiary/aromatic N) is 2. The molecule has 25 heavy (non-hydrogen) atoms. The van der Waals surface area contributed by atoms with Gasteiger partial charge in [-0.05, 0) is 38.0 Å². The van der Waals surface area contributed by atoms with Crippen molar-refractivity contribution in [3.05, 3.63) is 10.6 Å². The zero-order valence-corrected chi connectivity index (χ0v) is 15.4. The zero-order valence-electron chi connectivity index (χ0n) is 14.6. The maximum atomic E-state index is 12.5. The van der Waals surface area contributed by atoms with Crippen LogP contribution in [0.3, 0.4) is 0 Å². The number of aryl methyl sites for hydroxylation is 1. The van der Waals surface area contributed by atoms with Crippen LogP contribution in [0, 0.1) is 11.8 Å². The van der Waals surface area contributed by atoms with E-state index in [2.05, 4.69) is 10.2 Å². The Morgan fingerprint density at radius 3 is 2.92 bits per heavy atom. The summed E-state index contributed by atoms with van der Waals surface area (Å²) < 4.78 is 5.41. The summed E-state index contributed by atoms with van der Waals surface area (Å²) in [5, 5.41) is 13.5. The van der Waals surface area contributed by atoms with Crippen LogP contribution in [0.1, 0.15) is 36.3 Å². The lowest BCUT2D eigenvalue weighted by molar-refractivity contribution is -0.125. The van der Waals surface area contributed by atoms with Crippen LogP contribution in [0.25, 0.3) is 0 Å². The van der Waals surface area contributed by atoms with Crippen molar-refractivity contribution in [2.75, 3.05) is 37.7 Å². The lowest BCUT2D eigenvalue weighted by Gasteiger charge is -2.31. The van der Waals surface area contributed by atoms with E-state index in [1.807, 2.05) is 0 Å². The number of aromatic nitrogens is 1. The van der Waals surface area contributed by atoms with Gasteiger partial charge in [-0.3, -0.25) is 4.79 Å². The van der Waals surface area contributed by atoms with Crippen LogP contribution in [0.15, 0.2) is 0 Å². The highest BCUT2D eigenvalue weighted by Gasteiger charge is 2.30. The molecule has 0 spiro atoms. The molecule has 1 atom stereocenters. The van der Waals surface area contributed by atoms with E-state index >= 15 is 0 Å². The predicted molar refractivity (Wildman–Crippen MR) is 97.0 cm³/mol. The molecule has 138 valence electrons. The average molecular weight is 365 g/mol. The molecule has 6 nitrogen and oxygen atoms in total. The van der Waals surface area contributed by atoms with E-state index in [0.717, 1.165) is 82.2 Å². The molecule has 7 heteroatoms. The number of aliphatic hydroxyl groups excluding tert-OH is 1. The molecular weight excluding hydrogens is 338 g/mol. The van der Waals surface area contributed by atoms with Crippen molar-refractivity contribution in [3.63, 3.8) is 0 Å². The summed E-state index contributed by atoms with van der Waals surface area (Å²) in [5.41, 5.74) is 1.13. The minimum Gasteiger partial charge on any atom is -0.393 e. The van der Waals surface area contributed by atoms with Crippen LogP contribution >= 0.6 is 11.3 Å². The van der Waals surface area contributed by atoms with Gasteiger partial charge < -0.3 is 20.1 Å². The van der Waals surface area contributed by atoms with Crippen LogP contribution in [-0.4, -0.2) is 54.9 Å². The molecular formula is C18H27N3O3S. The number of carbonyl (C=O) groups excluding carboxylic acids is 1. The van der Waals surface area contributed by atoms with Gasteiger partial charge in [0.1, 0.15) is 0 Å². The van der Waals surface area contributed by atoms with Crippen molar-refractivity contribution < 1.29 is 14.6 Å². The molecule has 2 N–H and O–H groups in total. The molecule has 1 saturated heterocycles. The summed E-state index contributed by atoms with van der Waals surface area (Å²) in [7, 11) is 0. The Kier molecular flexibility index (Phi) is 5.24. The Balaban J connectivity index is 1.28. The highest BCUT2D eigenvalue weighted by molar-refractivity contribution is 7.15. The van der Waals surface area contributed by atoms with Crippen LogP contribution in [0.2, 0.25) is 0 Å². The molecule has 1 aromatic heterocycles. The van der Waals surface area contributed by atoms with E-state index < -0.39 is 0 Å². The number of ether oxygens (including phenoxy) is 1. The Morgan fingerprint density at radius 1 is 1.36 bits per heavy atom. The second-order valence-corrected chi connectivity index (χ2v) is 8.54. The van der Waals surface area contributed by atoms with Crippen LogP contribution < -0.4 is 10.2 Å². The van der Waals surface area contributed by atoms with Crippen molar-refractivity contribution in [2.45, 2.75) is 44.6 Å². The van der Waals surface area contributed by atoms with E-state index in [4.69, 9.17) is 9.72 Å². The second-order valence-electron chi connectivity index (χ2n) is 7.48. The molecule has 1 amide bonds. The summed E-state index contributed by atoms with van der Waals surface area (Å²) in [4.78, 5) is 20.9. The molecule has 4 rings (SSSR count). The van der Waals surface area contributed by atoms with Crippen molar-refractivity contribution in [3.8, 4) is 0 Å². The molecule has 1 aliphatic heterocycles. The van der Waals surface area contributed by atoms with Gasteiger partial charge in [0, 0.05) is 36.9 Å². The van der Waals surface area contributed by atoms with Crippen LogP contribution in [0.4, 0.5) is 5.13 Å². The van der Waals surface area contributed by atoms with Gasteiger partial charge in [-0.15, -0.1) is 11.3 Å². The number of hydrogen-bond acceptors (Lipinski definition) is 6. The zero-order chi connectivity index (χ0) is 17.2. The summed E-state index contributed by atoms with van der Waals surface area (Å²) in [6, 6.07) is 0. The number of aliphatic hydroxyl groups is 1. The minimum atomic E-state index is -0.109. The highest BCUT2D eigenvalue weighted by Crippen LogP contribution is 2.34. The normalized spacial score (nSPS) is 29.0. The fraction of sp³-hybridized carbons (Fsp3) is 0.778.